The van der Waals surface area contributed by atoms with Crippen LogP contribution in [0, 0.1) is 24.0 Å². The van der Waals surface area contributed by atoms with Crippen molar-refractivity contribution in [3.8, 4) is 0 Å². The number of Topliss-reactive ketones (excluding diaryl/α,β-unsaturated/α-hetero) is 1. The minimum atomic E-state index is -0.699. The predicted octanol–water partition coefficient (Wildman–Crippen LogP) is 3.64. The van der Waals surface area contributed by atoms with Crippen molar-refractivity contribution in [2.45, 2.75) is 20.4 Å². The molecule has 0 saturated carbocycles. The summed E-state index contributed by atoms with van der Waals surface area (Å²) >= 11 is 0. The number of benzene rings is 1. The van der Waals surface area contributed by atoms with Gasteiger partial charge in [-0.15, -0.1) is 6.58 Å². The highest BCUT2D eigenvalue weighted by atomic mass is 16.6. The first-order valence-corrected chi connectivity index (χ1v) is 8.23. The number of ketones is 1. The van der Waals surface area contributed by atoms with Crippen molar-refractivity contribution < 1.29 is 19.2 Å². The lowest BCUT2D eigenvalue weighted by atomic mass is 10.1. The maximum Gasteiger partial charge on any atom is 0.331 e. The summed E-state index contributed by atoms with van der Waals surface area (Å²) < 4.78 is 6.93. The van der Waals surface area contributed by atoms with E-state index in [-0.39, 0.29) is 18.1 Å². The molecule has 140 valence electrons. The highest BCUT2D eigenvalue weighted by molar-refractivity contribution is 6.00. The van der Waals surface area contributed by atoms with E-state index < -0.39 is 10.9 Å². The van der Waals surface area contributed by atoms with Crippen LogP contribution >= 0.6 is 0 Å². The van der Waals surface area contributed by atoms with Gasteiger partial charge in [0, 0.05) is 41.7 Å². The Labute approximate surface area is 156 Å². The van der Waals surface area contributed by atoms with E-state index in [0.717, 1.165) is 17.5 Å². The molecule has 0 radical (unpaired) electrons. The quantitative estimate of drug-likeness (QED) is 0.177. The average Bonchev–Trinajstić information content (AvgIpc) is 2.93. The smallest absolute Gasteiger partial charge is 0.331 e. The fraction of sp³-hybridized carbons (Fsp3) is 0.200. The fourth-order valence-corrected chi connectivity index (χ4v) is 2.66. The van der Waals surface area contributed by atoms with E-state index in [2.05, 4.69) is 6.58 Å². The molecule has 1 heterocycles. The number of hydrogen-bond donors (Lipinski definition) is 0. The van der Waals surface area contributed by atoms with Crippen molar-refractivity contribution in [1.82, 2.24) is 4.57 Å². The molecule has 7 heteroatoms. The highest BCUT2D eigenvalue weighted by Crippen LogP contribution is 2.16. The molecule has 2 aromatic rings. The molecule has 0 aliphatic heterocycles. The number of nitrogens with zero attached hydrogens (tertiary/aromatic N) is 2. The summed E-state index contributed by atoms with van der Waals surface area (Å²) in [6.45, 7) is 7.62. The largest absolute Gasteiger partial charge is 0.454 e. The molecule has 0 spiro atoms. The molecular weight excluding hydrogens is 348 g/mol. The second kappa shape index (κ2) is 8.75. The molecule has 0 atom stereocenters. The van der Waals surface area contributed by atoms with Crippen molar-refractivity contribution in [1.29, 1.82) is 0 Å². The van der Waals surface area contributed by atoms with E-state index in [1.54, 1.807) is 18.2 Å². The zero-order valence-corrected chi connectivity index (χ0v) is 15.2. The summed E-state index contributed by atoms with van der Waals surface area (Å²) in [5.74, 6) is -0.995. The molecule has 2 rings (SSSR count). The van der Waals surface area contributed by atoms with Crippen LogP contribution in [0.5, 0.6) is 0 Å². The summed E-state index contributed by atoms with van der Waals surface area (Å²) in [4.78, 5) is 34.4. The molecule has 27 heavy (non-hydrogen) atoms. The molecule has 0 aliphatic carbocycles. The van der Waals surface area contributed by atoms with Gasteiger partial charge in [-0.25, -0.2) is 4.79 Å². The van der Waals surface area contributed by atoms with Crippen LogP contribution < -0.4 is 0 Å². The molecule has 0 unspecified atom stereocenters. The Balaban J connectivity index is 1.98. The number of rotatable bonds is 8. The first kappa shape index (κ1) is 19.8. The number of hydrogen-bond acceptors (Lipinski definition) is 5. The molecule has 0 N–H and O–H groups in total. The van der Waals surface area contributed by atoms with Crippen molar-refractivity contribution in [3.05, 3.63) is 81.7 Å². The molecule has 0 fully saturated rings. The Kier molecular flexibility index (Phi) is 6.43. The van der Waals surface area contributed by atoms with Gasteiger partial charge in [-0.2, -0.15) is 0 Å². The van der Waals surface area contributed by atoms with E-state index in [9.17, 15) is 19.7 Å². The number of aromatic nitrogens is 1. The van der Waals surface area contributed by atoms with Crippen molar-refractivity contribution in [2.24, 2.45) is 0 Å². The van der Waals surface area contributed by atoms with Crippen LogP contribution in [0.15, 0.2) is 49.1 Å². The third-order valence-electron chi connectivity index (χ3n) is 4.02. The summed E-state index contributed by atoms with van der Waals surface area (Å²) in [7, 11) is 0. The number of carbonyl (C=O) groups is 2. The second-order valence-corrected chi connectivity index (χ2v) is 5.90. The Morgan fingerprint density at radius 1 is 1.30 bits per heavy atom. The molecule has 1 aromatic heterocycles. The standard InChI is InChI=1S/C20H20N2O5/c1-4-10-21-14(2)11-18(15(21)3)19(23)13-27-20(24)9-8-16-6-5-7-17(12-16)22(25)26/h4-9,11-12H,1,10,13H2,2-3H3/b9-8+. The van der Waals surface area contributed by atoms with Gasteiger partial charge in [0.15, 0.2) is 6.61 Å². The topological polar surface area (TPSA) is 91.4 Å². The monoisotopic (exact) mass is 368 g/mol. The van der Waals surface area contributed by atoms with E-state index in [1.165, 1.54) is 24.3 Å². The van der Waals surface area contributed by atoms with E-state index in [1.807, 2.05) is 18.4 Å². The van der Waals surface area contributed by atoms with Gasteiger partial charge in [0.1, 0.15) is 0 Å². The number of allylic oxidation sites excluding steroid dienone is 1. The summed E-state index contributed by atoms with van der Waals surface area (Å²) in [6, 6.07) is 7.59. The Hall–Kier alpha value is -3.48. The first-order chi connectivity index (χ1) is 12.8. The number of nitro groups is 1. The van der Waals surface area contributed by atoms with Gasteiger partial charge in [0.05, 0.1) is 4.92 Å². The Morgan fingerprint density at radius 3 is 2.70 bits per heavy atom. The molecule has 0 aliphatic rings. The fourth-order valence-electron chi connectivity index (χ4n) is 2.66. The molecule has 0 bridgehead atoms. The van der Waals surface area contributed by atoms with Gasteiger partial charge in [-0.05, 0) is 31.6 Å². The number of carbonyl (C=O) groups excluding carboxylic acids is 2. The number of ether oxygens (including phenoxy) is 1. The maximum absolute atomic E-state index is 12.3. The normalized spacial score (nSPS) is 10.7. The number of aryl methyl sites for hydroxylation is 1. The number of esters is 1. The minimum absolute atomic E-state index is 0.0735. The van der Waals surface area contributed by atoms with Crippen LogP contribution in [0.25, 0.3) is 6.08 Å². The highest BCUT2D eigenvalue weighted by Gasteiger charge is 2.16. The van der Waals surface area contributed by atoms with Gasteiger partial charge >= 0.3 is 5.97 Å². The van der Waals surface area contributed by atoms with Crippen LogP contribution in [0.1, 0.15) is 27.3 Å². The molecule has 7 nitrogen and oxygen atoms in total. The second-order valence-electron chi connectivity index (χ2n) is 5.90. The lowest BCUT2D eigenvalue weighted by Crippen LogP contribution is -2.13. The van der Waals surface area contributed by atoms with E-state index in [4.69, 9.17) is 4.74 Å². The zero-order chi connectivity index (χ0) is 20.0. The molecular formula is C20H20N2O5. The summed E-state index contributed by atoms with van der Waals surface area (Å²) in [5.41, 5.74) is 2.63. The van der Waals surface area contributed by atoms with Crippen LogP contribution in [-0.2, 0) is 16.1 Å². The van der Waals surface area contributed by atoms with Crippen LogP contribution in [0.2, 0.25) is 0 Å². The van der Waals surface area contributed by atoms with Crippen molar-refractivity contribution >= 4 is 23.5 Å². The predicted molar refractivity (Wildman–Crippen MR) is 102 cm³/mol. The molecule has 1 aromatic carbocycles. The minimum Gasteiger partial charge on any atom is -0.454 e. The van der Waals surface area contributed by atoms with Crippen LogP contribution in [0.4, 0.5) is 5.69 Å². The Morgan fingerprint density at radius 2 is 2.04 bits per heavy atom. The lowest BCUT2D eigenvalue weighted by Gasteiger charge is -2.06. The average molecular weight is 368 g/mol. The Bertz CT molecular complexity index is 924. The number of non-ortho nitro benzene ring substituents is 1. The third-order valence-corrected chi connectivity index (χ3v) is 4.02. The SMILES string of the molecule is C=CCn1c(C)cc(C(=O)COC(=O)/C=C/c2cccc([N+](=O)[O-])c2)c1C. The lowest BCUT2D eigenvalue weighted by molar-refractivity contribution is -0.384. The van der Waals surface area contributed by atoms with Crippen molar-refractivity contribution in [2.75, 3.05) is 6.61 Å². The number of nitro benzene ring substituents is 1. The first-order valence-electron chi connectivity index (χ1n) is 8.23. The van der Waals surface area contributed by atoms with Gasteiger partial charge in [0.2, 0.25) is 5.78 Å². The molecule has 0 saturated heterocycles. The summed E-state index contributed by atoms with van der Waals surface area (Å²) in [5, 5.41) is 10.7. The van der Waals surface area contributed by atoms with E-state index >= 15 is 0 Å². The maximum atomic E-state index is 12.3. The van der Waals surface area contributed by atoms with E-state index in [0.29, 0.717) is 17.7 Å². The van der Waals surface area contributed by atoms with Gasteiger partial charge in [0.25, 0.3) is 5.69 Å². The molecule has 0 amide bonds. The summed E-state index contributed by atoms with van der Waals surface area (Å²) in [6.07, 6.45) is 4.27. The van der Waals surface area contributed by atoms with Crippen LogP contribution in [0.3, 0.4) is 0 Å². The van der Waals surface area contributed by atoms with Crippen molar-refractivity contribution in [3.63, 3.8) is 0 Å². The van der Waals surface area contributed by atoms with Gasteiger partial charge < -0.3 is 9.30 Å². The van der Waals surface area contributed by atoms with Crippen LogP contribution in [-0.4, -0.2) is 27.8 Å². The van der Waals surface area contributed by atoms with Gasteiger partial charge in [-0.3, -0.25) is 14.9 Å². The third kappa shape index (κ3) is 5.01. The zero-order valence-electron chi connectivity index (χ0n) is 15.2. The van der Waals surface area contributed by atoms with Gasteiger partial charge in [-0.1, -0.05) is 18.2 Å².